The molecule has 32 heavy (non-hydrogen) atoms. The molecule has 0 fully saturated rings. The first kappa shape index (κ1) is 21.6. The fourth-order valence-electron chi connectivity index (χ4n) is 3.85. The molecule has 0 aliphatic rings. The average molecular weight is 436 g/mol. The second-order valence-corrected chi connectivity index (χ2v) is 7.35. The van der Waals surface area contributed by atoms with Crippen molar-refractivity contribution < 1.29 is 19.0 Å². The van der Waals surface area contributed by atoms with E-state index in [0.29, 0.717) is 41.5 Å². The lowest BCUT2D eigenvalue weighted by Crippen LogP contribution is -2.13. The maximum Gasteiger partial charge on any atom is 0.147 e. The molecule has 2 N–H and O–H groups in total. The van der Waals surface area contributed by atoms with E-state index in [4.69, 9.17) is 9.47 Å². The van der Waals surface area contributed by atoms with E-state index in [1.807, 2.05) is 41.8 Å². The molecule has 8 heteroatoms. The van der Waals surface area contributed by atoms with Crippen molar-refractivity contribution in [3.63, 3.8) is 0 Å². The summed E-state index contributed by atoms with van der Waals surface area (Å²) in [6, 6.07) is 12.4. The number of aliphatic hydroxyl groups is 1. The molecule has 0 saturated carbocycles. The Kier molecular flexibility index (Phi) is 6.23. The number of rotatable bonds is 8. The minimum absolute atomic E-state index is 0.0972. The van der Waals surface area contributed by atoms with Gasteiger partial charge in [-0.05, 0) is 31.2 Å². The molecule has 7 nitrogen and oxygen atoms in total. The largest absolute Gasteiger partial charge is 0.496 e. The Morgan fingerprint density at radius 3 is 2.59 bits per heavy atom. The third-order valence-electron chi connectivity index (χ3n) is 5.46. The van der Waals surface area contributed by atoms with Crippen LogP contribution in [0.5, 0.6) is 11.5 Å². The Balaban J connectivity index is 1.52. The van der Waals surface area contributed by atoms with Gasteiger partial charge in [0.1, 0.15) is 29.5 Å². The Labute approximate surface area is 185 Å². The van der Waals surface area contributed by atoms with Crippen LogP contribution in [-0.2, 0) is 13.2 Å². The van der Waals surface area contributed by atoms with Gasteiger partial charge in [-0.25, -0.2) is 14.4 Å². The van der Waals surface area contributed by atoms with Crippen LogP contribution in [0.2, 0.25) is 0 Å². The van der Waals surface area contributed by atoms with Crippen molar-refractivity contribution in [2.75, 3.05) is 26.1 Å². The van der Waals surface area contributed by atoms with Crippen LogP contribution >= 0.6 is 0 Å². The molecule has 4 rings (SSSR count). The summed E-state index contributed by atoms with van der Waals surface area (Å²) in [7, 11) is 3.15. The van der Waals surface area contributed by atoms with Gasteiger partial charge in [-0.2, -0.15) is 0 Å². The summed E-state index contributed by atoms with van der Waals surface area (Å²) >= 11 is 0. The van der Waals surface area contributed by atoms with Crippen LogP contribution in [-0.4, -0.2) is 40.4 Å². The average Bonchev–Trinajstić information content (AvgIpc) is 3.16. The van der Waals surface area contributed by atoms with Crippen molar-refractivity contribution in [1.82, 2.24) is 14.5 Å². The zero-order valence-electron chi connectivity index (χ0n) is 18.2. The summed E-state index contributed by atoms with van der Waals surface area (Å²) in [4.78, 5) is 8.64. The number of hydrogen-bond acceptors (Lipinski definition) is 6. The summed E-state index contributed by atoms with van der Waals surface area (Å²) in [5.41, 5.74) is 3.77. The number of fused-ring (bicyclic) bond motifs is 1. The number of aryl methyl sites for hydroxylation is 1. The molecule has 0 unspecified atom stereocenters. The Bertz CT molecular complexity index is 1260. The number of nitrogens with zero attached hydrogens (tertiary/aromatic N) is 3. The van der Waals surface area contributed by atoms with E-state index in [0.717, 1.165) is 22.3 Å². The highest BCUT2D eigenvalue weighted by atomic mass is 19.1. The monoisotopic (exact) mass is 436 g/mol. The number of benzene rings is 2. The number of halogens is 1. The van der Waals surface area contributed by atoms with E-state index in [2.05, 4.69) is 15.3 Å². The van der Waals surface area contributed by atoms with Crippen molar-refractivity contribution in [3.8, 4) is 22.8 Å². The Morgan fingerprint density at radius 2 is 1.84 bits per heavy atom. The quantitative estimate of drug-likeness (QED) is 0.432. The maximum atomic E-state index is 14.5. The number of aliphatic hydroxyl groups excluding tert-OH is 1. The molecule has 2 aromatic heterocycles. The lowest BCUT2D eigenvalue weighted by Gasteiger charge is -2.12. The third-order valence-corrected chi connectivity index (χ3v) is 5.46. The van der Waals surface area contributed by atoms with Gasteiger partial charge in [-0.1, -0.05) is 12.1 Å². The molecular formula is C24H25FN4O3. The van der Waals surface area contributed by atoms with Crippen LogP contribution in [0.15, 0.2) is 48.8 Å². The summed E-state index contributed by atoms with van der Waals surface area (Å²) in [6.45, 7) is 2.95. The summed E-state index contributed by atoms with van der Waals surface area (Å²) < 4.78 is 27.2. The minimum atomic E-state index is -0.279. The molecule has 0 aliphatic heterocycles. The van der Waals surface area contributed by atoms with Crippen LogP contribution in [0.1, 0.15) is 11.3 Å². The van der Waals surface area contributed by atoms with E-state index >= 15 is 0 Å². The normalized spacial score (nSPS) is 11.0. The lowest BCUT2D eigenvalue weighted by atomic mass is 10.1. The topological polar surface area (TPSA) is 81.4 Å². The molecule has 0 spiro atoms. The van der Waals surface area contributed by atoms with Gasteiger partial charge in [0, 0.05) is 41.4 Å². The molecule has 0 atom stereocenters. The van der Waals surface area contributed by atoms with Crippen LogP contribution in [0, 0.1) is 12.7 Å². The Morgan fingerprint density at radius 1 is 1.03 bits per heavy atom. The smallest absolute Gasteiger partial charge is 0.147 e. The minimum Gasteiger partial charge on any atom is -0.496 e. The number of methoxy groups -OCH3 is 2. The number of hydrogen-bond donors (Lipinski definition) is 2. The molecule has 0 saturated heterocycles. The predicted molar refractivity (Wildman–Crippen MR) is 122 cm³/mol. The second kappa shape index (κ2) is 9.23. The highest BCUT2D eigenvalue weighted by Gasteiger charge is 2.14. The van der Waals surface area contributed by atoms with Crippen molar-refractivity contribution in [1.29, 1.82) is 0 Å². The summed E-state index contributed by atoms with van der Waals surface area (Å²) in [5, 5.41) is 13.5. The lowest BCUT2D eigenvalue weighted by molar-refractivity contribution is 0.274. The molecule has 0 radical (unpaired) electrons. The van der Waals surface area contributed by atoms with Gasteiger partial charge in [0.25, 0.3) is 0 Å². The molecule has 4 aromatic rings. The van der Waals surface area contributed by atoms with Gasteiger partial charge in [-0.3, -0.25) is 0 Å². The van der Waals surface area contributed by atoms with Gasteiger partial charge in [0.2, 0.25) is 0 Å². The molecule has 166 valence electrons. The molecule has 0 amide bonds. The van der Waals surface area contributed by atoms with Gasteiger partial charge >= 0.3 is 0 Å². The zero-order valence-corrected chi connectivity index (χ0v) is 18.2. The SMILES string of the molecule is COc1cc(-c2cc(NCCn3c(C)cc4c(OC)ccc(F)c43)ncn2)ccc1CO. The predicted octanol–water partition coefficient (Wildman–Crippen LogP) is 4.17. The van der Waals surface area contributed by atoms with E-state index in [1.165, 1.54) is 12.4 Å². The van der Waals surface area contributed by atoms with E-state index in [1.54, 1.807) is 20.3 Å². The highest BCUT2D eigenvalue weighted by Crippen LogP contribution is 2.31. The first-order valence-electron chi connectivity index (χ1n) is 10.2. The van der Waals surface area contributed by atoms with Crippen molar-refractivity contribution >= 4 is 16.7 Å². The van der Waals surface area contributed by atoms with Crippen LogP contribution in [0.4, 0.5) is 10.2 Å². The second-order valence-electron chi connectivity index (χ2n) is 7.35. The van der Waals surface area contributed by atoms with Crippen LogP contribution in [0.25, 0.3) is 22.2 Å². The highest BCUT2D eigenvalue weighted by molar-refractivity contribution is 5.88. The summed E-state index contributed by atoms with van der Waals surface area (Å²) in [6.07, 6.45) is 1.49. The number of ether oxygens (including phenoxy) is 2. The maximum absolute atomic E-state index is 14.5. The van der Waals surface area contributed by atoms with Crippen molar-refractivity contribution in [2.24, 2.45) is 0 Å². The van der Waals surface area contributed by atoms with Gasteiger partial charge in [0.15, 0.2) is 0 Å². The van der Waals surface area contributed by atoms with E-state index in [-0.39, 0.29) is 12.4 Å². The summed E-state index contributed by atoms with van der Waals surface area (Å²) in [5.74, 6) is 1.63. The molecule has 2 aromatic carbocycles. The van der Waals surface area contributed by atoms with Crippen LogP contribution < -0.4 is 14.8 Å². The fourth-order valence-corrected chi connectivity index (χ4v) is 3.85. The number of anilines is 1. The van der Waals surface area contributed by atoms with Gasteiger partial charge in [0.05, 0.1) is 32.0 Å². The number of nitrogens with one attached hydrogen (secondary N) is 1. The fraction of sp³-hybridized carbons (Fsp3) is 0.250. The van der Waals surface area contributed by atoms with Crippen molar-refractivity contribution in [2.45, 2.75) is 20.1 Å². The Hall–Kier alpha value is -3.65. The van der Waals surface area contributed by atoms with E-state index < -0.39 is 0 Å². The number of aromatic nitrogens is 3. The van der Waals surface area contributed by atoms with Crippen LogP contribution in [0.3, 0.4) is 0 Å². The van der Waals surface area contributed by atoms with Crippen molar-refractivity contribution in [3.05, 3.63) is 65.9 Å². The molecule has 0 aliphatic carbocycles. The van der Waals surface area contributed by atoms with Gasteiger partial charge < -0.3 is 24.5 Å². The molecule has 0 bridgehead atoms. The third kappa shape index (κ3) is 4.09. The standard InChI is InChI=1S/C24H25FN4O3/c1-15-10-18-21(31-2)7-6-19(25)24(18)29(15)9-8-26-23-12-20(27-14-28-23)16-4-5-17(13-30)22(11-16)32-3/h4-7,10-12,14,30H,8-9,13H2,1-3H3,(H,26,27,28). The van der Waals surface area contributed by atoms with E-state index in [9.17, 15) is 9.50 Å². The first-order chi connectivity index (χ1) is 15.5. The molecular weight excluding hydrogens is 411 g/mol. The zero-order chi connectivity index (χ0) is 22.7. The first-order valence-corrected chi connectivity index (χ1v) is 10.2. The van der Waals surface area contributed by atoms with Gasteiger partial charge in [-0.15, -0.1) is 0 Å². The molecule has 2 heterocycles.